The standard InChI is InChI=1S/C63H38N4OS/c1-3-16-39(17-4-1)43-34-44(36-45(35-43)48-26-15-28-54-52-24-9-12-31-58(52)69-60(48)54)47-25-14-27-53-49-22-7-10-29-55(49)67(59(47)53)46-21-13-20-41(37-46)62-64-61(40-18-5-2-6-19-40)65-63(66-62)42-32-33-51-50-23-8-11-30-56(50)68-57(51)38-42/h1-38H. The van der Waals surface area contributed by atoms with Gasteiger partial charge in [0.1, 0.15) is 11.2 Å². The lowest BCUT2D eigenvalue weighted by Gasteiger charge is -2.16. The van der Waals surface area contributed by atoms with Gasteiger partial charge in [0.05, 0.1) is 11.0 Å². The van der Waals surface area contributed by atoms with Crippen molar-refractivity contribution < 1.29 is 4.42 Å². The smallest absolute Gasteiger partial charge is 0.164 e. The summed E-state index contributed by atoms with van der Waals surface area (Å²) in [5.41, 5.74) is 14.6. The van der Waals surface area contributed by atoms with E-state index in [-0.39, 0.29) is 0 Å². The molecule has 0 saturated heterocycles. The molecule has 0 atom stereocenters. The number of furan rings is 1. The van der Waals surface area contributed by atoms with Crippen LogP contribution in [0.3, 0.4) is 0 Å². The van der Waals surface area contributed by atoms with Crippen LogP contribution in [0.15, 0.2) is 235 Å². The Morgan fingerprint density at radius 1 is 0.333 bits per heavy atom. The van der Waals surface area contributed by atoms with Crippen LogP contribution in [0.4, 0.5) is 0 Å². The summed E-state index contributed by atoms with van der Waals surface area (Å²) in [6.45, 7) is 0. The Labute approximate surface area is 400 Å². The van der Waals surface area contributed by atoms with Crippen LogP contribution in [0.1, 0.15) is 0 Å². The second-order valence-electron chi connectivity index (χ2n) is 17.5. The summed E-state index contributed by atoms with van der Waals surface area (Å²) in [4.78, 5) is 15.5. The molecule has 14 aromatic rings. The van der Waals surface area contributed by atoms with Crippen molar-refractivity contribution in [1.29, 1.82) is 0 Å². The number of para-hydroxylation sites is 3. The monoisotopic (exact) mass is 898 g/mol. The number of aromatic nitrogens is 4. The van der Waals surface area contributed by atoms with Gasteiger partial charge in [-0.1, -0.05) is 170 Å². The third-order valence-corrected chi connectivity index (χ3v) is 14.6. The number of hydrogen-bond acceptors (Lipinski definition) is 5. The minimum absolute atomic E-state index is 0.575. The normalized spacial score (nSPS) is 11.8. The molecule has 5 nitrogen and oxygen atoms in total. The van der Waals surface area contributed by atoms with Crippen LogP contribution in [-0.4, -0.2) is 19.5 Å². The van der Waals surface area contributed by atoms with Crippen molar-refractivity contribution in [3.8, 4) is 73.2 Å². The maximum atomic E-state index is 6.33. The molecular formula is C63H38N4OS. The molecule has 0 N–H and O–H groups in total. The van der Waals surface area contributed by atoms with E-state index in [1.165, 1.54) is 53.2 Å². The van der Waals surface area contributed by atoms with Gasteiger partial charge in [0.2, 0.25) is 0 Å². The van der Waals surface area contributed by atoms with Crippen molar-refractivity contribution in [1.82, 2.24) is 19.5 Å². The zero-order valence-electron chi connectivity index (χ0n) is 37.0. The first kappa shape index (κ1) is 39.2. The van der Waals surface area contributed by atoms with Gasteiger partial charge in [-0.15, -0.1) is 11.3 Å². The summed E-state index contributed by atoms with van der Waals surface area (Å²) in [6, 6.07) is 81.9. The molecule has 0 aliphatic heterocycles. The van der Waals surface area contributed by atoms with Crippen LogP contribution < -0.4 is 0 Å². The van der Waals surface area contributed by atoms with Crippen molar-refractivity contribution in [2.75, 3.05) is 0 Å². The molecule has 4 heterocycles. The van der Waals surface area contributed by atoms with E-state index in [2.05, 4.69) is 180 Å². The van der Waals surface area contributed by atoms with Crippen LogP contribution in [0.2, 0.25) is 0 Å². The SMILES string of the molecule is c1ccc(-c2cc(-c3cccc4c3sc3ccccc34)cc(-c3cccc4c5ccccc5n(-c5cccc(-c6nc(-c7ccccc7)nc(-c7ccc8c(c7)oc7ccccc78)n6)c5)c34)c2)cc1. The van der Waals surface area contributed by atoms with Gasteiger partial charge in [-0.05, 0) is 88.5 Å². The van der Waals surface area contributed by atoms with Crippen molar-refractivity contribution in [3.63, 3.8) is 0 Å². The molecule has 0 spiro atoms. The van der Waals surface area contributed by atoms with Crippen molar-refractivity contribution in [2.45, 2.75) is 0 Å². The first-order valence-electron chi connectivity index (χ1n) is 23.2. The Hall–Kier alpha value is -8.97. The fourth-order valence-electron chi connectivity index (χ4n) is 10.2. The van der Waals surface area contributed by atoms with E-state index in [9.17, 15) is 0 Å². The van der Waals surface area contributed by atoms with Gasteiger partial charge < -0.3 is 8.98 Å². The zero-order chi connectivity index (χ0) is 45.4. The van der Waals surface area contributed by atoms with Gasteiger partial charge in [0, 0.05) is 69.7 Å². The van der Waals surface area contributed by atoms with Gasteiger partial charge >= 0.3 is 0 Å². The molecule has 10 aromatic carbocycles. The number of rotatable bonds is 7. The van der Waals surface area contributed by atoms with E-state index < -0.39 is 0 Å². The number of thiophene rings is 1. The molecule has 0 radical (unpaired) electrons. The highest BCUT2D eigenvalue weighted by atomic mass is 32.1. The Kier molecular flexibility index (Phi) is 9.00. The lowest BCUT2D eigenvalue weighted by molar-refractivity contribution is 0.669. The molecule has 0 unspecified atom stereocenters. The minimum atomic E-state index is 0.575. The van der Waals surface area contributed by atoms with Gasteiger partial charge in [-0.25, -0.2) is 15.0 Å². The number of nitrogens with zero attached hydrogens (tertiary/aromatic N) is 4. The summed E-state index contributed by atoms with van der Waals surface area (Å²) >= 11 is 1.87. The van der Waals surface area contributed by atoms with Crippen molar-refractivity contribution >= 4 is 75.3 Å². The quantitative estimate of drug-likeness (QED) is 0.160. The van der Waals surface area contributed by atoms with E-state index in [0.29, 0.717) is 17.5 Å². The minimum Gasteiger partial charge on any atom is -0.456 e. The molecule has 0 bridgehead atoms. The second kappa shape index (κ2) is 15.8. The average molecular weight is 899 g/mol. The first-order valence-corrected chi connectivity index (χ1v) is 24.0. The highest BCUT2D eigenvalue weighted by Gasteiger charge is 2.21. The van der Waals surface area contributed by atoms with Crippen LogP contribution in [0, 0.1) is 0 Å². The molecule has 69 heavy (non-hydrogen) atoms. The third-order valence-electron chi connectivity index (χ3n) is 13.4. The van der Waals surface area contributed by atoms with Crippen LogP contribution >= 0.6 is 11.3 Å². The molecule has 6 heteroatoms. The molecular weight excluding hydrogens is 861 g/mol. The number of hydrogen-bond donors (Lipinski definition) is 0. The molecule has 0 aliphatic rings. The van der Waals surface area contributed by atoms with Gasteiger partial charge in [0.15, 0.2) is 17.5 Å². The predicted octanol–water partition coefficient (Wildman–Crippen LogP) is 17.2. The zero-order valence-corrected chi connectivity index (χ0v) is 37.9. The summed E-state index contributed by atoms with van der Waals surface area (Å²) < 4.78 is 11.3. The molecule has 0 saturated carbocycles. The molecule has 0 fully saturated rings. The fraction of sp³-hybridized carbons (Fsp3) is 0. The third kappa shape index (κ3) is 6.56. The predicted molar refractivity (Wildman–Crippen MR) is 287 cm³/mol. The Morgan fingerprint density at radius 2 is 0.899 bits per heavy atom. The highest BCUT2D eigenvalue weighted by Crippen LogP contribution is 2.45. The van der Waals surface area contributed by atoms with Crippen LogP contribution in [0.25, 0.3) is 137 Å². The summed E-state index contributed by atoms with van der Waals surface area (Å²) in [5.74, 6) is 1.76. The van der Waals surface area contributed by atoms with E-state index in [0.717, 1.165) is 66.5 Å². The number of benzene rings is 10. The Balaban J connectivity index is 0.967. The van der Waals surface area contributed by atoms with Gasteiger partial charge in [-0.3, -0.25) is 0 Å². The van der Waals surface area contributed by atoms with Crippen LogP contribution in [0.5, 0.6) is 0 Å². The average Bonchev–Trinajstić information content (AvgIpc) is 4.11. The molecule has 4 aromatic heterocycles. The molecule has 0 amide bonds. The van der Waals surface area contributed by atoms with Crippen LogP contribution in [-0.2, 0) is 0 Å². The molecule has 0 aliphatic carbocycles. The van der Waals surface area contributed by atoms with E-state index >= 15 is 0 Å². The largest absolute Gasteiger partial charge is 0.456 e. The highest BCUT2D eigenvalue weighted by molar-refractivity contribution is 7.26. The molecule has 14 rings (SSSR count). The summed E-state index contributed by atoms with van der Waals surface area (Å²) in [7, 11) is 0. The fourth-order valence-corrected chi connectivity index (χ4v) is 11.5. The second-order valence-corrected chi connectivity index (χ2v) is 18.6. The number of fused-ring (bicyclic) bond motifs is 9. The maximum absolute atomic E-state index is 6.33. The summed E-state index contributed by atoms with van der Waals surface area (Å²) in [5, 5.41) is 7.09. The van der Waals surface area contributed by atoms with Crippen molar-refractivity contribution in [3.05, 3.63) is 231 Å². The van der Waals surface area contributed by atoms with E-state index in [1.807, 2.05) is 65.9 Å². The lowest BCUT2D eigenvalue weighted by Crippen LogP contribution is -2.01. The van der Waals surface area contributed by atoms with Gasteiger partial charge in [-0.2, -0.15) is 0 Å². The van der Waals surface area contributed by atoms with Gasteiger partial charge in [0.25, 0.3) is 0 Å². The van der Waals surface area contributed by atoms with E-state index in [1.54, 1.807) is 0 Å². The Bertz CT molecular complexity index is 4320. The topological polar surface area (TPSA) is 56.7 Å². The Morgan fingerprint density at radius 3 is 1.71 bits per heavy atom. The van der Waals surface area contributed by atoms with Crippen molar-refractivity contribution in [2.24, 2.45) is 0 Å². The molecule has 322 valence electrons. The lowest BCUT2D eigenvalue weighted by atomic mass is 9.92. The first-order chi connectivity index (χ1) is 34.2. The summed E-state index contributed by atoms with van der Waals surface area (Å²) in [6.07, 6.45) is 0. The maximum Gasteiger partial charge on any atom is 0.164 e. The van der Waals surface area contributed by atoms with E-state index in [4.69, 9.17) is 19.4 Å².